The molecule has 5 heteroatoms. The molecule has 1 aromatic heterocycles. The fraction of sp³-hybridized carbons (Fsp3) is 0.348. The molecule has 1 saturated carbocycles. The number of aryl methyl sites for hydroxylation is 2. The number of nitrogens with two attached hydrogens (primary N) is 1. The number of hydrogen-bond donors (Lipinski definition) is 2. The number of nitrogen functional groups attached to an aromatic ring is 1. The molecule has 1 unspecified atom stereocenters. The lowest BCUT2D eigenvalue weighted by molar-refractivity contribution is 0.393. The van der Waals surface area contributed by atoms with Crippen molar-refractivity contribution in [1.29, 1.82) is 0 Å². The molecule has 3 N–H and O–H groups in total. The molecular weight excluding hydrogens is 353 g/mol. The van der Waals surface area contributed by atoms with E-state index in [4.69, 9.17) is 10.3 Å². The van der Waals surface area contributed by atoms with Crippen LogP contribution in [0.2, 0.25) is 0 Å². The fourth-order valence-electron chi connectivity index (χ4n) is 3.77. The summed E-state index contributed by atoms with van der Waals surface area (Å²) in [5.41, 5.74) is 13.1. The fourth-order valence-corrected chi connectivity index (χ4v) is 3.77. The van der Waals surface area contributed by atoms with E-state index >= 15 is 0 Å². The van der Waals surface area contributed by atoms with Crippen LogP contribution in [0.1, 0.15) is 48.3 Å². The molecule has 2 aromatic carbocycles. The molecule has 0 saturated heterocycles. The molecule has 0 amide bonds. The van der Waals surface area contributed by atoms with Crippen LogP contribution in [0.4, 0.5) is 15.8 Å². The predicted molar refractivity (Wildman–Crippen MR) is 111 cm³/mol. The normalized spacial score (nSPS) is 14.9. The average molecular weight is 379 g/mol. The summed E-state index contributed by atoms with van der Waals surface area (Å²) in [6, 6.07) is 10.8. The summed E-state index contributed by atoms with van der Waals surface area (Å²) >= 11 is 0. The summed E-state index contributed by atoms with van der Waals surface area (Å²) in [4.78, 5) is 0. The number of nitrogens with zero attached hydrogens (tertiary/aromatic N) is 1. The number of halogens is 1. The average Bonchev–Trinajstić information content (AvgIpc) is 3.44. The Morgan fingerprint density at radius 2 is 1.93 bits per heavy atom. The van der Waals surface area contributed by atoms with Crippen molar-refractivity contribution in [3.63, 3.8) is 0 Å². The maximum Gasteiger partial charge on any atom is 0.141 e. The standard InChI is InChI=1S/C23H26FN3O/c1-13(17-6-8-19(24)9-7-17)20-10-18(22-14(2)27-28-15(22)3)11-21(25)23(20)26-12-16-4-5-16/h6-11,13,16,26H,4-5,12,25H2,1-3H3. The number of rotatable bonds is 6. The van der Waals surface area contributed by atoms with Gasteiger partial charge in [0.05, 0.1) is 17.1 Å². The zero-order valence-corrected chi connectivity index (χ0v) is 16.6. The van der Waals surface area contributed by atoms with Crippen LogP contribution < -0.4 is 11.1 Å². The Hall–Kier alpha value is -2.82. The van der Waals surface area contributed by atoms with Crippen molar-refractivity contribution in [2.45, 2.75) is 39.5 Å². The first-order chi connectivity index (χ1) is 13.4. The van der Waals surface area contributed by atoms with E-state index in [0.717, 1.165) is 51.9 Å². The van der Waals surface area contributed by atoms with Gasteiger partial charge in [-0.15, -0.1) is 0 Å². The molecule has 1 aliphatic carbocycles. The van der Waals surface area contributed by atoms with Gasteiger partial charge in [0.25, 0.3) is 0 Å². The van der Waals surface area contributed by atoms with E-state index < -0.39 is 0 Å². The number of benzene rings is 2. The summed E-state index contributed by atoms with van der Waals surface area (Å²) in [5, 5.41) is 7.65. The zero-order chi connectivity index (χ0) is 19.8. The van der Waals surface area contributed by atoms with Gasteiger partial charge in [0.1, 0.15) is 11.6 Å². The predicted octanol–water partition coefficient (Wildman–Crippen LogP) is 5.65. The third-order valence-corrected chi connectivity index (χ3v) is 5.62. The topological polar surface area (TPSA) is 64.1 Å². The molecule has 0 aliphatic heterocycles. The molecular formula is C23H26FN3O. The van der Waals surface area contributed by atoms with Crippen molar-refractivity contribution in [2.24, 2.45) is 5.92 Å². The van der Waals surface area contributed by atoms with Gasteiger partial charge < -0.3 is 15.6 Å². The van der Waals surface area contributed by atoms with Crippen molar-refractivity contribution in [1.82, 2.24) is 5.16 Å². The molecule has 0 spiro atoms. The van der Waals surface area contributed by atoms with Gasteiger partial charge in [0, 0.05) is 18.0 Å². The van der Waals surface area contributed by atoms with Gasteiger partial charge in [0.2, 0.25) is 0 Å². The second-order valence-electron chi connectivity index (χ2n) is 7.83. The van der Waals surface area contributed by atoms with Gasteiger partial charge >= 0.3 is 0 Å². The Morgan fingerprint density at radius 3 is 2.54 bits per heavy atom. The van der Waals surface area contributed by atoms with E-state index in [0.29, 0.717) is 5.69 Å². The molecule has 1 heterocycles. The first-order valence-corrected chi connectivity index (χ1v) is 9.80. The molecule has 146 valence electrons. The SMILES string of the molecule is Cc1noc(C)c1-c1cc(N)c(NCC2CC2)c(C(C)c2ccc(F)cc2)c1. The minimum Gasteiger partial charge on any atom is -0.397 e. The molecule has 28 heavy (non-hydrogen) atoms. The van der Waals surface area contributed by atoms with Crippen LogP contribution in [-0.4, -0.2) is 11.7 Å². The van der Waals surface area contributed by atoms with Crippen LogP contribution in [0.25, 0.3) is 11.1 Å². The smallest absolute Gasteiger partial charge is 0.141 e. The Balaban J connectivity index is 1.80. The summed E-state index contributed by atoms with van der Waals surface area (Å²) in [6.45, 7) is 6.90. The first-order valence-electron chi connectivity index (χ1n) is 9.80. The lowest BCUT2D eigenvalue weighted by Gasteiger charge is -2.21. The van der Waals surface area contributed by atoms with Gasteiger partial charge in [-0.1, -0.05) is 24.2 Å². The lowest BCUT2D eigenvalue weighted by Crippen LogP contribution is -2.11. The maximum atomic E-state index is 13.4. The van der Waals surface area contributed by atoms with Gasteiger partial charge in [-0.05, 0) is 73.6 Å². The summed E-state index contributed by atoms with van der Waals surface area (Å²) in [7, 11) is 0. The van der Waals surface area contributed by atoms with Crippen LogP contribution in [0, 0.1) is 25.6 Å². The van der Waals surface area contributed by atoms with Crippen LogP contribution in [0.3, 0.4) is 0 Å². The van der Waals surface area contributed by atoms with Crippen molar-refractivity contribution >= 4 is 11.4 Å². The van der Waals surface area contributed by atoms with Gasteiger partial charge in [-0.2, -0.15) is 0 Å². The second kappa shape index (κ2) is 7.30. The van der Waals surface area contributed by atoms with Crippen LogP contribution in [-0.2, 0) is 0 Å². The molecule has 4 rings (SSSR count). The van der Waals surface area contributed by atoms with Gasteiger partial charge in [0.15, 0.2) is 0 Å². The number of nitrogens with one attached hydrogen (secondary N) is 1. The van der Waals surface area contributed by atoms with E-state index in [2.05, 4.69) is 23.5 Å². The number of hydrogen-bond acceptors (Lipinski definition) is 4. The summed E-state index contributed by atoms with van der Waals surface area (Å²) in [6.07, 6.45) is 2.54. The Labute approximate surface area is 164 Å². The van der Waals surface area contributed by atoms with Crippen LogP contribution in [0.5, 0.6) is 0 Å². The molecule has 0 bridgehead atoms. The highest BCUT2D eigenvalue weighted by Gasteiger charge is 2.24. The quantitative estimate of drug-likeness (QED) is 0.543. The maximum absolute atomic E-state index is 13.4. The minimum absolute atomic E-state index is 0.0602. The number of aromatic nitrogens is 1. The third kappa shape index (κ3) is 3.61. The highest BCUT2D eigenvalue weighted by atomic mass is 19.1. The van der Waals surface area contributed by atoms with Crippen LogP contribution in [0.15, 0.2) is 40.9 Å². The molecule has 1 atom stereocenters. The van der Waals surface area contributed by atoms with Crippen molar-refractivity contribution in [2.75, 3.05) is 17.6 Å². The van der Waals surface area contributed by atoms with E-state index in [1.54, 1.807) is 0 Å². The summed E-state index contributed by atoms with van der Waals surface area (Å²) in [5.74, 6) is 1.34. The van der Waals surface area contributed by atoms with E-state index in [1.165, 1.54) is 25.0 Å². The van der Waals surface area contributed by atoms with Crippen LogP contribution >= 0.6 is 0 Å². The zero-order valence-electron chi connectivity index (χ0n) is 16.6. The lowest BCUT2D eigenvalue weighted by atomic mass is 9.88. The van der Waals surface area contributed by atoms with E-state index in [9.17, 15) is 4.39 Å². The van der Waals surface area contributed by atoms with E-state index in [1.807, 2.05) is 32.0 Å². The molecule has 4 nitrogen and oxygen atoms in total. The van der Waals surface area contributed by atoms with Gasteiger partial charge in [-0.3, -0.25) is 0 Å². The Kier molecular flexibility index (Phi) is 4.84. The highest BCUT2D eigenvalue weighted by molar-refractivity contribution is 5.81. The molecule has 1 aliphatic rings. The second-order valence-corrected chi connectivity index (χ2v) is 7.83. The first kappa shape index (κ1) is 18.5. The third-order valence-electron chi connectivity index (χ3n) is 5.62. The highest BCUT2D eigenvalue weighted by Crippen LogP contribution is 2.40. The van der Waals surface area contributed by atoms with Gasteiger partial charge in [-0.25, -0.2) is 4.39 Å². The largest absolute Gasteiger partial charge is 0.397 e. The molecule has 3 aromatic rings. The van der Waals surface area contributed by atoms with Crippen molar-refractivity contribution in [3.05, 3.63) is 64.8 Å². The Bertz CT molecular complexity index is 970. The molecule has 1 fully saturated rings. The van der Waals surface area contributed by atoms with Crippen molar-refractivity contribution < 1.29 is 8.91 Å². The number of anilines is 2. The Morgan fingerprint density at radius 1 is 1.21 bits per heavy atom. The van der Waals surface area contributed by atoms with Crippen molar-refractivity contribution in [3.8, 4) is 11.1 Å². The molecule has 0 radical (unpaired) electrons. The minimum atomic E-state index is -0.230. The summed E-state index contributed by atoms with van der Waals surface area (Å²) < 4.78 is 18.8. The monoisotopic (exact) mass is 379 g/mol. The van der Waals surface area contributed by atoms with E-state index in [-0.39, 0.29) is 11.7 Å².